The van der Waals surface area contributed by atoms with Crippen molar-refractivity contribution >= 4 is 5.97 Å². The summed E-state index contributed by atoms with van der Waals surface area (Å²) in [7, 11) is 0. The molecule has 0 spiro atoms. The highest BCUT2D eigenvalue weighted by atomic mass is 16.7. The highest BCUT2D eigenvalue weighted by Gasteiger charge is 2.19. The highest BCUT2D eigenvalue weighted by Crippen LogP contribution is 2.07. The maximum Gasteiger partial charge on any atom is 0.308 e. The average Bonchev–Trinajstić information content (AvgIpc) is 2.65. The number of carbonyl (C=O) groups is 1. The third-order valence-electron chi connectivity index (χ3n) is 2.07. The zero-order chi connectivity index (χ0) is 9.68. The molecule has 1 atom stereocenters. The van der Waals surface area contributed by atoms with Crippen LogP contribution in [0.1, 0.15) is 20.3 Å². The molecule has 13 heavy (non-hydrogen) atoms. The van der Waals surface area contributed by atoms with E-state index in [0.29, 0.717) is 13.2 Å². The smallest absolute Gasteiger partial charge is 0.308 e. The van der Waals surface area contributed by atoms with Crippen LogP contribution in [0.5, 0.6) is 0 Å². The lowest BCUT2D eigenvalue weighted by atomic mass is 10.1. The molecule has 1 rings (SSSR count). The molecule has 0 bridgehead atoms. The van der Waals surface area contributed by atoms with E-state index >= 15 is 0 Å². The van der Waals surface area contributed by atoms with Crippen molar-refractivity contribution in [3.05, 3.63) is 0 Å². The molecular formula is C9H16O4. The monoisotopic (exact) mass is 188 g/mol. The van der Waals surface area contributed by atoms with Gasteiger partial charge in [0, 0.05) is 0 Å². The van der Waals surface area contributed by atoms with Gasteiger partial charge in [-0.1, -0.05) is 13.8 Å². The van der Waals surface area contributed by atoms with Crippen molar-refractivity contribution in [1.82, 2.24) is 0 Å². The predicted molar refractivity (Wildman–Crippen MR) is 46.1 cm³/mol. The van der Waals surface area contributed by atoms with Crippen molar-refractivity contribution in [2.75, 3.05) is 19.8 Å². The molecule has 4 nitrogen and oxygen atoms in total. The minimum atomic E-state index is -0.354. The Kier molecular flexibility index (Phi) is 4.18. The van der Waals surface area contributed by atoms with E-state index in [1.165, 1.54) is 0 Å². The minimum Gasteiger partial charge on any atom is -0.460 e. The van der Waals surface area contributed by atoms with Crippen LogP contribution in [0.25, 0.3) is 0 Å². The van der Waals surface area contributed by atoms with Gasteiger partial charge in [-0.2, -0.15) is 0 Å². The summed E-state index contributed by atoms with van der Waals surface area (Å²) in [6.07, 6.45) is 0.443. The first kappa shape index (κ1) is 10.5. The lowest BCUT2D eigenvalue weighted by Gasteiger charge is -2.12. The fourth-order valence-electron chi connectivity index (χ4n) is 0.963. The van der Waals surface area contributed by atoms with Gasteiger partial charge in [0.25, 0.3) is 0 Å². The minimum absolute atomic E-state index is 0.0404. The van der Waals surface area contributed by atoms with Crippen LogP contribution in [-0.4, -0.2) is 32.1 Å². The molecular weight excluding hydrogens is 172 g/mol. The van der Waals surface area contributed by atoms with Crippen LogP contribution >= 0.6 is 0 Å². The Hall–Kier alpha value is -0.610. The van der Waals surface area contributed by atoms with E-state index in [2.05, 4.69) is 0 Å². The van der Waals surface area contributed by atoms with Gasteiger partial charge in [0.2, 0.25) is 0 Å². The zero-order valence-electron chi connectivity index (χ0n) is 8.12. The number of esters is 1. The summed E-state index contributed by atoms with van der Waals surface area (Å²) in [6.45, 7) is 5.19. The Morgan fingerprint density at radius 2 is 2.15 bits per heavy atom. The van der Waals surface area contributed by atoms with E-state index in [0.717, 1.165) is 6.42 Å². The Bertz CT molecular complexity index is 163. The molecule has 1 saturated heterocycles. The molecule has 1 unspecified atom stereocenters. The van der Waals surface area contributed by atoms with Crippen LogP contribution in [0.3, 0.4) is 0 Å². The fourth-order valence-corrected chi connectivity index (χ4v) is 0.963. The number of hydrogen-bond donors (Lipinski definition) is 0. The van der Waals surface area contributed by atoms with Crippen LogP contribution in [0.2, 0.25) is 0 Å². The molecule has 0 saturated carbocycles. The normalized spacial score (nSPS) is 20.2. The molecule has 0 aromatic heterocycles. The molecule has 0 aromatic rings. The van der Waals surface area contributed by atoms with Gasteiger partial charge in [-0.3, -0.25) is 4.79 Å². The van der Waals surface area contributed by atoms with Crippen molar-refractivity contribution in [2.45, 2.75) is 26.6 Å². The molecule has 1 aliphatic rings. The summed E-state index contributed by atoms with van der Waals surface area (Å²) in [5.74, 6) is -0.219. The van der Waals surface area contributed by atoms with Crippen molar-refractivity contribution in [3.63, 3.8) is 0 Å². The Labute approximate surface area is 78.2 Å². The van der Waals surface area contributed by atoms with Gasteiger partial charge in [-0.15, -0.1) is 0 Å². The van der Waals surface area contributed by atoms with Gasteiger partial charge in [0.1, 0.15) is 6.61 Å². The third-order valence-corrected chi connectivity index (χ3v) is 2.07. The molecule has 0 amide bonds. The first-order valence-corrected chi connectivity index (χ1v) is 4.64. The molecule has 0 aliphatic carbocycles. The average molecular weight is 188 g/mol. The van der Waals surface area contributed by atoms with Gasteiger partial charge < -0.3 is 14.2 Å². The van der Waals surface area contributed by atoms with Gasteiger partial charge in [0.05, 0.1) is 19.1 Å². The summed E-state index contributed by atoms with van der Waals surface area (Å²) in [6, 6.07) is 0. The largest absolute Gasteiger partial charge is 0.460 e. The number of rotatable bonds is 4. The number of carbonyl (C=O) groups excluding carboxylic acids is 1. The molecule has 1 fully saturated rings. The van der Waals surface area contributed by atoms with Crippen LogP contribution in [0, 0.1) is 5.92 Å². The van der Waals surface area contributed by atoms with Crippen molar-refractivity contribution < 1.29 is 19.0 Å². The summed E-state index contributed by atoms with van der Waals surface area (Å²) in [5, 5.41) is 0. The summed E-state index contributed by atoms with van der Waals surface area (Å²) >= 11 is 0. The van der Waals surface area contributed by atoms with E-state index in [1.807, 2.05) is 13.8 Å². The molecule has 4 heteroatoms. The molecule has 0 N–H and O–H groups in total. The van der Waals surface area contributed by atoms with Gasteiger partial charge >= 0.3 is 5.97 Å². The zero-order valence-corrected chi connectivity index (χ0v) is 8.12. The van der Waals surface area contributed by atoms with Gasteiger partial charge in [-0.25, -0.2) is 0 Å². The Morgan fingerprint density at radius 3 is 2.69 bits per heavy atom. The topological polar surface area (TPSA) is 44.8 Å². The number of ether oxygens (including phenoxy) is 3. The third kappa shape index (κ3) is 3.32. The summed E-state index contributed by atoms with van der Waals surface area (Å²) in [4.78, 5) is 11.2. The second kappa shape index (κ2) is 5.19. The summed E-state index contributed by atoms with van der Waals surface area (Å²) in [5.41, 5.74) is 0. The second-order valence-electron chi connectivity index (χ2n) is 3.11. The van der Waals surface area contributed by atoms with Crippen LogP contribution in [0.4, 0.5) is 0 Å². The molecule has 0 radical (unpaired) electrons. The molecule has 1 heterocycles. The van der Waals surface area contributed by atoms with Crippen LogP contribution in [0.15, 0.2) is 0 Å². The van der Waals surface area contributed by atoms with Crippen molar-refractivity contribution in [3.8, 4) is 0 Å². The van der Waals surface area contributed by atoms with E-state index in [9.17, 15) is 4.79 Å². The maximum absolute atomic E-state index is 11.2. The van der Waals surface area contributed by atoms with Gasteiger partial charge in [0.15, 0.2) is 6.29 Å². The van der Waals surface area contributed by atoms with E-state index in [-0.39, 0.29) is 24.8 Å². The highest BCUT2D eigenvalue weighted by molar-refractivity contribution is 5.71. The molecule has 0 aromatic carbocycles. The first-order chi connectivity index (χ1) is 6.24. The lowest BCUT2D eigenvalue weighted by Crippen LogP contribution is -2.22. The maximum atomic E-state index is 11.2. The SMILES string of the molecule is CCC(C)C(=O)OCC1OCCO1. The first-order valence-electron chi connectivity index (χ1n) is 4.64. The molecule has 1 aliphatic heterocycles. The van der Waals surface area contributed by atoms with Crippen LogP contribution in [-0.2, 0) is 19.0 Å². The standard InChI is InChI=1S/C9H16O4/c1-3-7(2)9(10)13-6-8-11-4-5-12-8/h7-8H,3-6H2,1-2H3. The Balaban J connectivity index is 2.13. The van der Waals surface area contributed by atoms with E-state index < -0.39 is 0 Å². The van der Waals surface area contributed by atoms with Crippen molar-refractivity contribution in [1.29, 1.82) is 0 Å². The van der Waals surface area contributed by atoms with E-state index in [1.54, 1.807) is 0 Å². The Morgan fingerprint density at radius 1 is 1.54 bits per heavy atom. The predicted octanol–water partition coefficient (Wildman–Crippen LogP) is 0.949. The van der Waals surface area contributed by atoms with Crippen LogP contribution < -0.4 is 0 Å². The van der Waals surface area contributed by atoms with Gasteiger partial charge in [-0.05, 0) is 6.42 Å². The number of hydrogen-bond acceptors (Lipinski definition) is 4. The molecule has 76 valence electrons. The fraction of sp³-hybridized carbons (Fsp3) is 0.889. The van der Waals surface area contributed by atoms with Crippen molar-refractivity contribution in [2.24, 2.45) is 5.92 Å². The lowest BCUT2D eigenvalue weighted by molar-refractivity contribution is -0.159. The quantitative estimate of drug-likeness (QED) is 0.616. The summed E-state index contributed by atoms with van der Waals surface area (Å²) < 4.78 is 15.2. The van der Waals surface area contributed by atoms with E-state index in [4.69, 9.17) is 14.2 Å². The second-order valence-corrected chi connectivity index (χ2v) is 3.11.